The molecule has 1 aromatic carbocycles. The summed E-state index contributed by atoms with van der Waals surface area (Å²) in [6.45, 7) is 9.64. The minimum Gasteiger partial charge on any atom is -0.494 e. The van der Waals surface area contributed by atoms with E-state index in [4.69, 9.17) is 14.5 Å². The second-order valence-electron chi connectivity index (χ2n) is 6.52. The molecule has 0 bridgehead atoms. The van der Waals surface area contributed by atoms with Gasteiger partial charge in [-0.25, -0.2) is 4.99 Å². The molecule has 1 aliphatic heterocycles. The zero-order valence-corrected chi connectivity index (χ0v) is 16.4. The highest BCUT2D eigenvalue weighted by Gasteiger charge is 2.21. The number of ether oxygens (including phenoxy) is 2. The van der Waals surface area contributed by atoms with Crippen LogP contribution in [0, 0.1) is 0 Å². The number of aromatic nitrogens is 2. The van der Waals surface area contributed by atoms with Gasteiger partial charge in [0, 0.05) is 43.0 Å². The maximum atomic E-state index is 5.90. The lowest BCUT2D eigenvalue weighted by molar-refractivity contribution is 0.254. The van der Waals surface area contributed by atoms with Crippen molar-refractivity contribution in [2.24, 2.45) is 4.99 Å². The van der Waals surface area contributed by atoms with Crippen LogP contribution in [0.25, 0.3) is 0 Å². The largest absolute Gasteiger partial charge is 0.494 e. The third-order valence-electron chi connectivity index (χ3n) is 4.32. The zero-order valence-electron chi connectivity index (χ0n) is 16.4. The lowest BCUT2D eigenvalue weighted by atomic mass is 10.1. The topological polar surface area (TPSA) is 72.7 Å². The molecule has 0 fully saturated rings. The van der Waals surface area contributed by atoms with Gasteiger partial charge < -0.3 is 20.1 Å². The van der Waals surface area contributed by atoms with Gasteiger partial charge >= 0.3 is 0 Å². The molecule has 0 spiro atoms. The Morgan fingerprint density at radius 1 is 1.37 bits per heavy atom. The van der Waals surface area contributed by atoms with Gasteiger partial charge in [-0.15, -0.1) is 0 Å². The molecule has 1 aliphatic rings. The molecular formula is C20H29N5O2. The van der Waals surface area contributed by atoms with Crippen LogP contribution in [0.5, 0.6) is 11.5 Å². The van der Waals surface area contributed by atoms with Crippen molar-refractivity contribution >= 4 is 5.96 Å². The standard InChI is InChI=1S/C20H29N5O2/c1-4-21-20(22-8-10-25-9-6-7-24-25)23-14-17-13-19-16(11-15(3)27-19)12-18(17)26-5-2/h6-7,9,12-13,15H,4-5,8,10-11,14H2,1-3H3,(H2,21,22,23). The lowest BCUT2D eigenvalue weighted by Gasteiger charge is -2.14. The van der Waals surface area contributed by atoms with E-state index in [-0.39, 0.29) is 6.10 Å². The van der Waals surface area contributed by atoms with Crippen LogP contribution in [0.4, 0.5) is 0 Å². The highest BCUT2D eigenvalue weighted by Crippen LogP contribution is 2.35. The number of fused-ring (bicyclic) bond motifs is 1. The van der Waals surface area contributed by atoms with Crippen LogP contribution >= 0.6 is 0 Å². The van der Waals surface area contributed by atoms with Crippen molar-refractivity contribution in [1.82, 2.24) is 20.4 Å². The van der Waals surface area contributed by atoms with E-state index in [1.807, 2.05) is 23.9 Å². The minimum atomic E-state index is 0.217. The van der Waals surface area contributed by atoms with E-state index < -0.39 is 0 Å². The molecular weight excluding hydrogens is 342 g/mol. The third-order valence-corrected chi connectivity index (χ3v) is 4.32. The van der Waals surface area contributed by atoms with Gasteiger partial charge in [0.1, 0.15) is 17.6 Å². The highest BCUT2D eigenvalue weighted by molar-refractivity contribution is 5.79. The molecule has 7 heteroatoms. The van der Waals surface area contributed by atoms with Crippen molar-refractivity contribution in [2.45, 2.75) is 46.4 Å². The first-order chi connectivity index (χ1) is 13.2. The molecule has 1 atom stereocenters. The molecule has 27 heavy (non-hydrogen) atoms. The summed E-state index contributed by atoms with van der Waals surface area (Å²) in [5.74, 6) is 2.62. The molecule has 2 N–H and O–H groups in total. The van der Waals surface area contributed by atoms with Crippen LogP contribution in [0.1, 0.15) is 31.9 Å². The number of nitrogens with zero attached hydrogens (tertiary/aromatic N) is 3. The fourth-order valence-electron chi connectivity index (χ4n) is 3.12. The second-order valence-corrected chi connectivity index (χ2v) is 6.52. The molecule has 1 unspecified atom stereocenters. The van der Waals surface area contributed by atoms with Gasteiger partial charge in [0.05, 0.1) is 19.7 Å². The van der Waals surface area contributed by atoms with Gasteiger partial charge in [-0.05, 0) is 39.0 Å². The Kier molecular flexibility index (Phi) is 6.57. The van der Waals surface area contributed by atoms with Gasteiger partial charge in [-0.2, -0.15) is 5.10 Å². The van der Waals surface area contributed by atoms with E-state index in [1.165, 1.54) is 5.56 Å². The Hall–Kier alpha value is -2.70. The average Bonchev–Trinajstić information content (AvgIpc) is 3.28. The molecule has 0 saturated heterocycles. The quantitative estimate of drug-likeness (QED) is 0.551. The summed E-state index contributed by atoms with van der Waals surface area (Å²) in [4.78, 5) is 4.72. The fourth-order valence-corrected chi connectivity index (χ4v) is 3.12. The summed E-state index contributed by atoms with van der Waals surface area (Å²) in [5.41, 5.74) is 2.25. The molecule has 1 aromatic heterocycles. The number of hydrogen-bond acceptors (Lipinski definition) is 4. The number of benzene rings is 1. The first-order valence-electron chi connectivity index (χ1n) is 9.64. The van der Waals surface area contributed by atoms with E-state index in [1.54, 1.807) is 6.20 Å². The van der Waals surface area contributed by atoms with Gasteiger partial charge in [0.25, 0.3) is 0 Å². The van der Waals surface area contributed by atoms with Crippen molar-refractivity contribution in [3.8, 4) is 11.5 Å². The fraction of sp³-hybridized carbons (Fsp3) is 0.500. The van der Waals surface area contributed by atoms with Crippen LogP contribution in [-0.2, 0) is 19.5 Å². The Labute approximate surface area is 160 Å². The summed E-state index contributed by atoms with van der Waals surface area (Å²) >= 11 is 0. The van der Waals surface area contributed by atoms with Crippen molar-refractivity contribution in [3.05, 3.63) is 41.7 Å². The van der Waals surface area contributed by atoms with Crippen molar-refractivity contribution in [3.63, 3.8) is 0 Å². The molecule has 0 saturated carbocycles. The average molecular weight is 371 g/mol. The molecule has 0 amide bonds. The minimum absolute atomic E-state index is 0.217. The smallest absolute Gasteiger partial charge is 0.191 e. The maximum Gasteiger partial charge on any atom is 0.191 e. The molecule has 0 radical (unpaired) electrons. The Balaban J connectivity index is 1.68. The maximum absolute atomic E-state index is 5.90. The van der Waals surface area contributed by atoms with Crippen LogP contribution < -0.4 is 20.1 Å². The zero-order chi connectivity index (χ0) is 19.1. The van der Waals surface area contributed by atoms with E-state index in [0.717, 1.165) is 49.1 Å². The molecule has 2 aromatic rings. The lowest BCUT2D eigenvalue weighted by Crippen LogP contribution is -2.38. The first kappa shape index (κ1) is 19.1. The van der Waals surface area contributed by atoms with Crippen LogP contribution in [0.3, 0.4) is 0 Å². The normalized spacial score (nSPS) is 16.0. The Morgan fingerprint density at radius 2 is 2.26 bits per heavy atom. The predicted octanol–water partition coefficient (Wildman–Crippen LogP) is 2.36. The molecule has 2 heterocycles. The van der Waals surface area contributed by atoms with Crippen LogP contribution in [0.15, 0.2) is 35.6 Å². The molecule has 0 aliphatic carbocycles. The number of hydrogen-bond donors (Lipinski definition) is 2. The van der Waals surface area contributed by atoms with Crippen LogP contribution in [0.2, 0.25) is 0 Å². The number of aliphatic imine (C=N–C) groups is 1. The van der Waals surface area contributed by atoms with Crippen molar-refractivity contribution in [1.29, 1.82) is 0 Å². The van der Waals surface area contributed by atoms with Gasteiger partial charge in [-0.3, -0.25) is 4.68 Å². The second kappa shape index (κ2) is 9.30. The SMILES string of the molecule is CCNC(=NCc1cc2c(cc1OCC)CC(C)O2)NCCn1cccn1. The first-order valence-corrected chi connectivity index (χ1v) is 9.64. The summed E-state index contributed by atoms with van der Waals surface area (Å²) in [6.07, 6.45) is 4.88. The molecule has 7 nitrogen and oxygen atoms in total. The van der Waals surface area contributed by atoms with Crippen molar-refractivity contribution < 1.29 is 9.47 Å². The summed E-state index contributed by atoms with van der Waals surface area (Å²) in [5, 5.41) is 10.8. The number of nitrogens with one attached hydrogen (secondary N) is 2. The Morgan fingerprint density at radius 3 is 3.00 bits per heavy atom. The number of guanidine groups is 1. The van der Waals surface area contributed by atoms with Crippen molar-refractivity contribution in [2.75, 3.05) is 19.7 Å². The molecule has 146 valence electrons. The molecule has 3 rings (SSSR count). The third kappa shape index (κ3) is 5.15. The van der Waals surface area contributed by atoms with Gasteiger partial charge in [-0.1, -0.05) is 0 Å². The monoisotopic (exact) mass is 371 g/mol. The van der Waals surface area contributed by atoms with E-state index in [2.05, 4.69) is 41.7 Å². The van der Waals surface area contributed by atoms with E-state index >= 15 is 0 Å². The van der Waals surface area contributed by atoms with E-state index in [9.17, 15) is 0 Å². The summed E-state index contributed by atoms with van der Waals surface area (Å²) in [6, 6.07) is 6.09. The highest BCUT2D eigenvalue weighted by atomic mass is 16.5. The van der Waals surface area contributed by atoms with Gasteiger partial charge in [0.15, 0.2) is 5.96 Å². The van der Waals surface area contributed by atoms with Crippen LogP contribution in [-0.4, -0.2) is 41.5 Å². The predicted molar refractivity (Wildman–Crippen MR) is 106 cm³/mol. The Bertz CT molecular complexity index is 758. The van der Waals surface area contributed by atoms with Gasteiger partial charge in [0.2, 0.25) is 0 Å². The van der Waals surface area contributed by atoms with E-state index in [0.29, 0.717) is 13.2 Å². The summed E-state index contributed by atoms with van der Waals surface area (Å²) < 4.78 is 13.6. The summed E-state index contributed by atoms with van der Waals surface area (Å²) in [7, 11) is 0. The number of rotatable bonds is 8.